The van der Waals surface area contributed by atoms with Crippen LogP contribution >= 0.6 is 0 Å². The van der Waals surface area contributed by atoms with Crippen LogP contribution in [0.15, 0.2) is 35.0 Å². The van der Waals surface area contributed by atoms with Gasteiger partial charge >= 0.3 is 0 Å². The number of hydrogen-bond donors (Lipinski definition) is 0. The van der Waals surface area contributed by atoms with Gasteiger partial charge in [-0.25, -0.2) is 14.4 Å². The maximum Gasteiger partial charge on any atom is 0.298 e. The highest BCUT2D eigenvalue weighted by atomic mass is 19.1. The molecule has 2 aromatic heterocycles. The molecule has 4 rings (SSSR count). The highest BCUT2D eigenvalue weighted by Gasteiger charge is 2.24. The number of rotatable bonds is 3. The number of hydrogen-bond acceptors (Lipinski definition) is 6. The summed E-state index contributed by atoms with van der Waals surface area (Å²) in [5, 5.41) is 0. The van der Waals surface area contributed by atoms with E-state index in [1.54, 1.807) is 0 Å². The van der Waals surface area contributed by atoms with Crippen LogP contribution in [0.3, 0.4) is 0 Å². The first-order chi connectivity index (χ1) is 11.8. The van der Waals surface area contributed by atoms with Crippen molar-refractivity contribution >= 4 is 22.9 Å². The van der Waals surface area contributed by atoms with Gasteiger partial charge in [-0.3, -0.25) is 0 Å². The molecule has 3 heterocycles. The van der Waals surface area contributed by atoms with Gasteiger partial charge in [0.1, 0.15) is 11.8 Å². The monoisotopic (exact) mass is 327 g/mol. The minimum absolute atomic E-state index is 0.310. The smallest absolute Gasteiger partial charge is 0.298 e. The molecule has 0 bridgehead atoms. The molecule has 0 radical (unpaired) electrons. The standard InChI is InChI=1S/C17H18FN5O/c1-2-12-15(18)16(20-11-19-12)22-7-9-23(10-8-22)17-21-13-5-3-4-6-14(13)24-17/h3-6,11H,2,7-10H2,1H3. The number of benzene rings is 1. The molecule has 1 aromatic carbocycles. The van der Waals surface area contributed by atoms with E-state index in [1.807, 2.05) is 36.1 Å². The summed E-state index contributed by atoms with van der Waals surface area (Å²) in [7, 11) is 0. The Morgan fingerprint density at radius 1 is 1.08 bits per heavy atom. The van der Waals surface area contributed by atoms with Crippen molar-refractivity contribution in [1.29, 1.82) is 0 Å². The van der Waals surface area contributed by atoms with Crippen molar-refractivity contribution in [2.24, 2.45) is 0 Å². The quantitative estimate of drug-likeness (QED) is 0.737. The molecule has 6 nitrogen and oxygen atoms in total. The second kappa shape index (κ2) is 6.07. The van der Waals surface area contributed by atoms with E-state index in [9.17, 15) is 4.39 Å². The van der Waals surface area contributed by atoms with E-state index in [1.165, 1.54) is 6.33 Å². The Bertz CT molecular complexity index is 824. The van der Waals surface area contributed by atoms with Gasteiger partial charge in [-0.05, 0) is 18.6 Å². The van der Waals surface area contributed by atoms with Crippen LogP contribution in [0.4, 0.5) is 16.2 Å². The molecule has 124 valence electrons. The molecule has 1 aliphatic rings. The van der Waals surface area contributed by atoms with Gasteiger partial charge in [0.05, 0.1) is 5.69 Å². The molecule has 0 saturated carbocycles. The summed E-state index contributed by atoms with van der Waals surface area (Å²) < 4.78 is 20.2. The number of halogens is 1. The van der Waals surface area contributed by atoms with Crippen LogP contribution in [0, 0.1) is 5.82 Å². The fraction of sp³-hybridized carbons (Fsp3) is 0.353. The largest absolute Gasteiger partial charge is 0.423 e. The number of aromatic nitrogens is 3. The van der Waals surface area contributed by atoms with Gasteiger partial charge < -0.3 is 14.2 Å². The molecule has 1 aliphatic heterocycles. The molecule has 7 heteroatoms. The zero-order valence-corrected chi connectivity index (χ0v) is 13.4. The molecule has 24 heavy (non-hydrogen) atoms. The third-order valence-corrected chi connectivity index (χ3v) is 4.31. The SMILES string of the molecule is CCc1ncnc(N2CCN(c3nc4ccccc4o3)CC2)c1F. The molecule has 0 N–H and O–H groups in total. The number of nitrogens with zero attached hydrogens (tertiary/aromatic N) is 5. The highest BCUT2D eigenvalue weighted by molar-refractivity contribution is 5.74. The molecule has 0 spiro atoms. The van der Waals surface area contributed by atoms with Crippen molar-refractivity contribution in [3.63, 3.8) is 0 Å². The normalized spacial score (nSPS) is 15.2. The molecule has 0 aliphatic carbocycles. The van der Waals surface area contributed by atoms with Gasteiger partial charge in [0.25, 0.3) is 6.01 Å². The van der Waals surface area contributed by atoms with E-state index < -0.39 is 0 Å². The maximum atomic E-state index is 14.4. The van der Waals surface area contributed by atoms with Crippen molar-refractivity contribution in [1.82, 2.24) is 15.0 Å². The molecule has 0 unspecified atom stereocenters. The van der Waals surface area contributed by atoms with Crippen LogP contribution < -0.4 is 9.80 Å². The fourth-order valence-corrected chi connectivity index (χ4v) is 2.97. The minimum Gasteiger partial charge on any atom is -0.423 e. The number of fused-ring (bicyclic) bond motifs is 1. The van der Waals surface area contributed by atoms with Gasteiger partial charge in [-0.1, -0.05) is 19.1 Å². The predicted octanol–water partition coefficient (Wildman–Crippen LogP) is 2.65. The van der Waals surface area contributed by atoms with Gasteiger partial charge in [-0.2, -0.15) is 4.98 Å². The summed E-state index contributed by atoms with van der Waals surface area (Å²) in [6.45, 7) is 4.63. The minimum atomic E-state index is -0.310. The van der Waals surface area contributed by atoms with Gasteiger partial charge in [0, 0.05) is 26.2 Å². The predicted molar refractivity (Wildman–Crippen MR) is 89.8 cm³/mol. The zero-order valence-electron chi connectivity index (χ0n) is 13.4. The maximum absolute atomic E-state index is 14.4. The van der Waals surface area contributed by atoms with Crippen LogP contribution in [-0.4, -0.2) is 41.1 Å². The van der Waals surface area contributed by atoms with Gasteiger partial charge in [-0.15, -0.1) is 0 Å². The third-order valence-electron chi connectivity index (χ3n) is 4.31. The lowest BCUT2D eigenvalue weighted by Gasteiger charge is -2.34. The third kappa shape index (κ3) is 2.55. The highest BCUT2D eigenvalue weighted by Crippen LogP contribution is 2.24. The van der Waals surface area contributed by atoms with Crippen LogP contribution in [-0.2, 0) is 6.42 Å². The van der Waals surface area contributed by atoms with Crippen molar-refractivity contribution in [3.8, 4) is 0 Å². The Morgan fingerprint density at radius 3 is 2.58 bits per heavy atom. The van der Waals surface area contributed by atoms with Crippen LogP contribution in [0.1, 0.15) is 12.6 Å². The van der Waals surface area contributed by atoms with Crippen molar-refractivity contribution < 1.29 is 8.81 Å². The van der Waals surface area contributed by atoms with E-state index in [2.05, 4.69) is 19.9 Å². The number of piperazine rings is 1. The van der Waals surface area contributed by atoms with Gasteiger partial charge in [0.2, 0.25) is 0 Å². The van der Waals surface area contributed by atoms with E-state index in [-0.39, 0.29) is 5.82 Å². The Kier molecular flexibility index (Phi) is 3.76. The van der Waals surface area contributed by atoms with E-state index in [4.69, 9.17) is 4.42 Å². The first kappa shape index (κ1) is 14.9. The fourth-order valence-electron chi connectivity index (χ4n) is 2.97. The summed E-state index contributed by atoms with van der Waals surface area (Å²) in [5.41, 5.74) is 2.09. The second-order valence-electron chi connectivity index (χ2n) is 5.75. The summed E-state index contributed by atoms with van der Waals surface area (Å²) in [6, 6.07) is 8.33. The van der Waals surface area contributed by atoms with Crippen molar-refractivity contribution in [2.75, 3.05) is 36.0 Å². The summed E-state index contributed by atoms with van der Waals surface area (Å²) in [4.78, 5) is 16.7. The summed E-state index contributed by atoms with van der Waals surface area (Å²) >= 11 is 0. The van der Waals surface area contributed by atoms with Crippen LogP contribution in [0.25, 0.3) is 11.1 Å². The Balaban J connectivity index is 1.50. The molecule has 1 saturated heterocycles. The van der Waals surface area contributed by atoms with E-state index in [0.717, 1.165) is 11.1 Å². The zero-order chi connectivity index (χ0) is 16.5. The van der Waals surface area contributed by atoms with E-state index in [0.29, 0.717) is 50.1 Å². The average molecular weight is 327 g/mol. The first-order valence-electron chi connectivity index (χ1n) is 8.11. The van der Waals surface area contributed by atoms with Crippen molar-refractivity contribution in [3.05, 3.63) is 42.1 Å². The lowest BCUT2D eigenvalue weighted by atomic mass is 10.2. The molecular formula is C17H18FN5O. The van der Waals surface area contributed by atoms with E-state index >= 15 is 0 Å². The number of anilines is 2. The lowest BCUT2D eigenvalue weighted by Crippen LogP contribution is -2.47. The molecule has 3 aromatic rings. The first-order valence-corrected chi connectivity index (χ1v) is 8.11. The van der Waals surface area contributed by atoms with Gasteiger partial charge in [0.15, 0.2) is 17.2 Å². The molecule has 1 fully saturated rings. The average Bonchev–Trinajstić information content (AvgIpc) is 3.06. The summed E-state index contributed by atoms with van der Waals surface area (Å²) in [5.74, 6) is 0.0781. The molecule has 0 amide bonds. The van der Waals surface area contributed by atoms with Crippen LogP contribution in [0.5, 0.6) is 0 Å². The summed E-state index contributed by atoms with van der Waals surface area (Å²) in [6.07, 6.45) is 1.99. The van der Waals surface area contributed by atoms with Crippen LogP contribution in [0.2, 0.25) is 0 Å². The van der Waals surface area contributed by atoms with Crippen molar-refractivity contribution in [2.45, 2.75) is 13.3 Å². The molecular weight excluding hydrogens is 309 g/mol. The lowest BCUT2D eigenvalue weighted by molar-refractivity contribution is 0.530. The Hall–Kier alpha value is -2.70. The topological polar surface area (TPSA) is 58.3 Å². The number of oxazole rings is 1. The Labute approximate surface area is 138 Å². The Morgan fingerprint density at radius 2 is 1.83 bits per heavy atom. The molecule has 0 atom stereocenters. The number of aryl methyl sites for hydroxylation is 1. The second-order valence-corrected chi connectivity index (χ2v) is 5.75. The number of para-hydroxylation sites is 2.